The molecule has 6 nitrogen and oxygen atoms in total. The SMILES string of the molecule is COc1ccc(Oc2ccc(C(C)CN)cc2)c(NS(C)(=O)=O)c1. The highest BCUT2D eigenvalue weighted by molar-refractivity contribution is 7.92. The van der Waals surface area contributed by atoms with Crippen LogP contribution in [0.2, 0.25) is 0 Å². The lowest BCUT2D eigenvalue weighted by atomic mass is 10.0. The molecular weight excluding hydrogens is 328 g/mol. The number of benzene rings is 2. The first-order chi connectivity index (χ1) is 11.3. The Balaban J connectivity index is 2.28. The van der Waals surface area contributed by atoms with Gasteiger partial charge in [-0.1, -0.05) is 19.1 Å². The highest BCUT2D eigenvalue weighted by Crippen LogP contribution is 2.33. The lowest BCUT2D eigenvalue weighted by Crippen LogP contribution is -2.10. The Hall–Kier alpha value is -2.25. The Morgan fingerprint density at radius 1 is 1.12 bits per heavy atom. The number of nitrogens with one attached hydrogen (secondary N) is 1. The Bertz CT molecular complexity index is 789. The topological polar surface area (TPSA) is 90.7 Å². The Morgan fingerprint density at radius 3 is 2.29 bits per heavy atom. The van der Waals surface area contributed by atoms with E-state index in [0.717, 1.165) is 11.8 Å². The third-order valence-electron chi connectivity index (χ3n) is 3.51. The van der Waals surface area contributed by atoms with Gasteiger partial charge in [0.25, 0.3) is 0 Å². The fourth-order valence-corrected chi connectivity index (χ4v) is 2.69. The van der Waals surface area contributed by atoms with Gasteiger partial charge in [-0.25, -0.2) is 8.42 Å². The van der Waals surface area contributed by atoms with Crippen molar-refractivity contribution in [2.24, 2.45) is 5.73 Å². The normalized spacial score (nSPS) is 12.5. The molecule has 2 aromatic carbocycles. The zero-order valence-corrected chi connectivity index (χ0v) is 14.8. The maximum absolute atomic E-state index is 11.5. The van der Waals surface area contributed by atoms with Gasteiger partial charge >= 0.3 is 0 Å². The van der Waals surface area contributed by atoms with Crippen LogP contribution in [-0.4, -0.2) is 28.3 Å². The number of sulfonamides is 1. The van der Waals surface area contributed by atoms with E-state index in [0.29, 0.717) is 29.5 Å². The maximum Gasteiger partial charge on any atom is 0.229 e. The van der Waals surface area contributed by atoms with Gasteiger partial charge in [0.2, 0.25) is 10.0 Å². The molecule has 2 aromatic rings. The van der Waals surface area contributed by atoms with Gasteiger partial charge in [0, 0.05) is 6.07 Å². The van der Waals surface area contributed by atoms with Gasteiger partial charge in [-0.3, -0.25) is 4.72 Å². The third kappa shape index (κ3) is 4.87. The molecule has 1 unspecified atom stereocenters. The molecule has 0 aliphatic carbocycles. The number of nitrogens with two attached hydrogens (primary N) is 1. The summed E-state index contributed by atoms with van der Waals surface area (Å²) in [5, 5.41) is 0. The van der Waals surface area contributed by atoms with Crippen LogP contribution in [0.4, 0.5) is 5.69 Å². The monoisotopic (exact) mass is 350 g/mol. The van der Waals surface area contributed by atoms with Crippen molar-refractivity contribution in [3.8, 4) is 17.2 Å². The van der Waals surface area contributed by atoms with Crippen molar-refractivity contribution < 1.29 is 17.9 Å². The zero-order chi connectivity index (χ0) is 17.7. The number of hydrogen-bond acceptors (Lipinski definition) is 5. The van der Waals surface area contributed by atoms with E-state index in [4.69, 9.17) is 15.2 Å². The molecule has 0 spiro atoms. The second-order valence-electron chi connectivity index (χ2n) is 5.54. The van der Waals surface area contributed by atoms with Gasteiger partial charge in [-0.15, -0.1) is 0 Å². The van der Waals surface area contributed by atoms with Crippen LogP contribution in [0, 0.1) is 0 Å². The molecule has 24 heavy (non-hydrogen) atoms. The summed E-state index contributed by atoms with van der Waals surface area (Å²) < 4.78 is 36.4. The molecule has 0 aliphatic rings. The average Bonchev–Trinajstić information content (AvgIpc) is 2.55. The number of methoxy groups -OCH3 is 1. The molecule has 0 fully saturated rings. The summed E-state index contributed by atoms with van der Waals surface area (Å²) >= 11 is 0. The Morgan fingerprint density at radius 2 is 1.75 bits per heavy atom. The first kappa shape index (κ1) is 18.1. The minimum absolute atomic E-state index is 0.266. The molecule has 0 saturated heterocycles. The minimum Gasteiger partial charge on any atom is -0.497 e. The van der Waals surface area contributed by atoms with Crippen molar-refractivity contribution in [2.75, 3.05) is 24.6 Å². The first-order valence-electron chi connectivity index (χ1n) is 7.46. The van der Waals surface area contributed by atoms with Crippen LogP contribution < -0.4 is 19.9 Å². The smallest absolute Gasteiger partial charge is 0.229 e. The molecule has 0 saturated carbocycles. The van der Waals surface area contributed by atoms with E-state index in [9.17, 15) is 8.42 Å². The van der Waals surface area contributed by atoms with Crippen molar-refractivity contribution in [1.82, 2.24) is 0 Å². The average molecular weight is 350 g/mol. The summed E-state index contributed by atoms with van der Waals surface area (Å²) in [7, 11) is -1.93. The van der Waals surface area contributed by atoms with Crippen LogP contribution in [0.15, 0.2) is 42.5 Å². The minimum atomic E-state index is -3.44. The molecular formula is C17H22N2O4S. The number of ether oxygens (including phenoxy) is 2. The van der Waals surface area contributed by atoms with E-state index < -0.39 is 10.0 Å². The van der Waals surface area contributed by atoms with Gasteiger partial charge in [0.05, 0.1) is 19.1 Å². The zero-order valence-electron chi connectivity index (χ0n) is 13.9. The largest absolute Gasteiger partial charge is 0.497 e. The van der Waals surface area contributed by atoms with E-state index in [-0.39, 0.29) is 5.92 Å². The van der Waals surface area contributed by atoms with Gasteiger partial charge in [-0.2, -0.15) is 0 Å². The molecule has 130 valence electrons. The summed E-state index contributed by atoms with van der Waals surface area (Å²) in [6, 6.07) is 12.5. The van der Waals surface area contributed by atoms with Crippen molar-refractivity contribution in [3.05, 3.63) is 48.0 Å². The van der Waals surface area contributed by atoms with E-state index in [1.165, 1.54) is 7.11 Å². The maximum atomic E-state index is 11.5. The van der Waals surface area contributed by atoms with E-state index >= 15 is 0 Å². The fraction of sp³-hybridized carbons (Fsp3) is 0.294. The molecule has 7 heteroatoms. The summed E-state index contributed by atoms with van der Waals surface area (Å²) in [6.07, 6.45) is 1.08. The summed E-state index contributed by atoms with van der Waals surface area (Å²) in [4.78, 5) is 0. The van der Waals surface area contributed by atoms with E-state index in [2.05, 4.69) is 4.72 Å². The lowest BCUT2D eigenvalue weighted by Gasteiger charge is -2.14. The molecule has 2 rings (SSSR count). The van der Waals surface area contributed by atoms with Gasteiger partial charge in [0.15, 0.2) is 5.75 Å². The predicted molar refractivity (Wildman–Crippen MR) is 95.4 cm³/mol. The highest BCUT2D eigenvalue weighted by Gasteiger charge is 2.12. The van der Waals surface area contributed by atoms with Gasteiger partial charge in [-0.05, 0) is 42.3 Å². The van der Waals surface area contributed by atoms with Gasteiger partial charge < -0.3 is 15.2 Å². The van der Waals surface area contributed by atoms with Crippen molar-refractivity contribution >= 4 is 15.7 Å². The van der Waals surface area contributed by atoms with Crippen molar-refractivity contribution in [2.45, 2.75) is 12.8 Å². The van der Waals surface area contributed by atoms with Crippen molar-refractivity contribution in [3.63, 3.8) is 0 Å². The van der Waals surface area contributed by atoms with Crippen LogP contribution in [0.1, 0.15) is 18.4 Å². The lowest BCUT2D eigenvalue weighted by molar-refractivity contribution is 0.413. The van der Waals surface area contributed by atoms with Crippen LogP contribution >= 0.6 is 0 Å². The van der Waals surface area contributed by atoms with E-state index in [1.54, 1.807) is 18.2 Å². The Kier molecular flexibility index (Phi) is 5.69. The van der Waals surface area contributed by atoms with Crippen LogP contribution in [0.25, 0.3) is 0 Å². The first-order valence-corrected chi connectivity index (χ1v) is 9.35. The summed E-state index contributed by atoms with van der Waals surface area (Å²) in [6.45, 7) is 2.62. The predicted octanol–water partition coefficient (Wildman–Crippen LogP) is 2.92. The standard InChI is InChI=1S/C17H22N2O4S/c1-12(11-18)13-4-6-14(7-5-13)23-17-9-8-15(22-2)10-16(17)19-24(3,20)21/h4-10,12,19H,11,18H2,1-3H3. The quantitative estimate of drug-likeness (QED) is 0.801. The van der Waals surface area contributed by atoms with Gasteiger partial charge in [0.1, 0.15) is 11.5 Å². The van der Waals surface area contributed by atoms with Crippen LogP contribution in [0.3, 0.4) is 0 Å². The van der Waals surface area contributed by atoms with Crippen molar-refractivity contribution in [1.29, 1.82) is 0 Å². The summed E-state index contributed by atoms with van der Waals surface area (Å²) in [5.41, 5.74) is 7.10. The molecule has 0 radical (unpaired) electrons. The molecule has 0 bridgehead atoms. The number of anilines is 1. The van der Waals surface area contributed by atoms with Crippen LogP contribution in [-0.2, 0) is 10.0 Å². The van der Waals surface area contributed by atoms with E-state index in [1.807, 2.05) is 31.2 Å². The molecule has 0 heterocycles. The number of hydrogen-bond donors (Lipinski definition) is 2. The Labute approximate surface area is 142 Å². The molecule has 3 N–H and O–H groups in total. The number of rotatable bonds is 7. The molecule has 1 atom stereocenters. The second kappa shape index (κ2) is 7.55. The molecule has 0 aliphatic heterocycles. The molecule has 0 amide bonds. The highest BCUT2D eigenvalue weighted by atomic mass is 32.2. The fourth-order valence-electron chi connectivity index (χ4n) is 2.13. The summed E-state index contributed by atoms with van der Waals surface area (Å²) in [5.74, 6) is 1.79. The molecule has 0 aromatic heterocycles. The third-order valence-corrected chi connectivity index (χ3v) is 4.10. The van der Waals surface area contributed by atoms with Crippen LogP contribution in [0.5, 0.6) is 17.2 Å². The second-order valence-corrected chi connectivity index (χ2v) is 7.29.